The van der Waals surface area contributed by atoms with Crippen molar-refractivity contribution < 1.29 is 13.2 Å². The van der Waals surface area contributed by atoms with Crippen molar-refractivity contribution in [3.63, 3.8) is 0 Å². The van der Waals surface area contributed by atoms with Gasteiger partial charge < -0.3 is 4.90 Å². The Labute approximate surface area is 245 Å². The highest BCUT2D eigenvalue weighted by atomic mass is 32.2. The molecule has 0 aromatic heterocycles. The lowest BCUT2D eigenvalue weighted by atomic mass is 10.1. The van der Waals surface area contributed by atoms with Crippen LogP contribution in [-0.4, -0.2) is 50.0 Å². The fourth-order valence-electron chi connectivity index (χ4n) is 4.01. The Morgan fingerprint density at radius 1 is 1.03 bits per heavy atom. The summed E-state index contributed by atoms with van der Waals surface area (Å²) in [6, 6.07) is 24.4. The molecule has 1 amide bonds. The summed E-state index contributed by atoms with van der Waals surface area (Å²) >= 11 is 10.5. The second-order valence-electron chi connectivity index (χ2n) is 9.05. The number of amidine groups is 1. The molecule has 1 aliphatic rings. The van der Waals surface area contributed by atoms with Crippen molar-refractivity contribution in [1.82, 2.24) is 4.90 Å². The number of hydrogen-bond donors (Lipinski definition) is 3. The molecule has 0 saturated carbocycles. The van der Waals surface area contributed by atoms with E-state index in [0.717, 1.165) is 28.0 Å². The van der Waals surface area contributed by atoms with Gasteiger partial charge in [0.2, 0.25) is 10.0 Å². The summed E-state index contributed by atoms with van der Waals surface area (Å²) < 4.78 is 25.5. The number of benzene rings is 3. The minimum Gasteiger partial charge on any atom is -0.373 e. The first-order valence-corrected chi connectivity index (χ1v) is 16.0. The van der Waals surface area contributed by atoms with E-state index < -0.39 is 10.0 Å². The number of nitrogens with zero attached hydrogens (tertiary/aromatic N) is 3. The molecule has 0 spiro atoms. The molecule has 11 heteroatoms. The van der Waals surface area contributed by atoms with Gasteiger partial charge in [-0.3, -0.25) is 14.4 Å². The standard InChI is InChI=1S/C28H30N4O3S4/c1-31(24-10-6-7-11-25(24)37)17-16-21(19-36)26-27(33)32(18-20-8-4-3-5-9-20)28(38-26)29-22-12-14-23(15-13-22)30-39(2,34)35/h3-15,30,36-37H,16-19H2,1-2H3/b26-21-,29-28?. The number of aliphatic imine (C=N–C) groups is 1. The molecule has 1 fully saturated rings. The molecule has 0 atom stereocenters. The molecule has 1 heterocycles. The maximum Gasteiger partial charge on any atom is 0.267 e. The van der Waals surface area contributed by atoms with Gasteiger partial charge in [-0.05, 0) is 65.7 Å². The largest absolute Gasteiger partial charge is 0.373 e. The molecule has 39 heavy (non-hydrogen) atoms. The molecule has 7 nitrogen and oxygen atoms in total. The average molecular weight is 599 g/mol. The van der Waals surface area contributed by atoms with Crippen LogP contribution in [0.25, 0.3) is 0 Å². The topological polar surface area (TPSA) is 82.1 Å². The Morgan fingerprint density at radius 3 is 2.33 bits per heavy atom. The minimum atomic E-state index is -3.38. The van der Waals surface area contributed by atoms with E-state index in [9.17, 15) is 13.2 Å². The van der Waals surface area contributed by atoms with Gasteiger partial charge in [-0.25, -0.2) is 13.4 Å². The predicted molar refractivity (Wildman–Crippen MR) is 169 cm³/mol. The third-order valence-corrected chi connectivity index (χ3v) is 8.52. The molecule has 3 aromatic carbocycles. The average Bonchev–Trinajstić information content (AvgIpc) is 3.20. The van der Waals surface area contributed by atoms with Gasteiger partial charge in [0.05, 0.1) is 23.4 Å². The van der Waals surface area contributed by atoms with Gasteiger partial charge in [-0.2, -0.15) is 12.6 Å². The van der Waals surface area contributed by atoms with Crippen LogP contribution in [0.4, 0.5) is 17.1 Å². The highest BCUT2D eigenvalue weighted by molar-refractivity contribution is 8.18. The van der Waals surface area contributed by atoms with Crippen LogP contribution in [0.1, 0.15) is 12.0 Å². The second-order valence-corrected chi connectivity index (χ2v) is 12.6. The summed E-state index contributed by atoms with van der Waals surface area (Å²) in [6.45, 7) is 1.08. The van der Waals surface area contributed by atoms with Crippen LogP contribution in [0.2, 0.25) is 0 Å². The molecule has 0 bridgehead atoms. The summed E-state index contributed by atoms with van der Waals surface area (Å²) in [4.78, 5) is 23.8. The first kappa shape index (κ1) is 29.1. The van der Waals surface area contributed by atoms with Gasteiger partial charge >= 0.3 is 0 Å². The van der Waals surface area contributed by atoms with E-state index in [-0.39, 0.29) is 5.91 Å². The van der Waals surface area contributed by atoms with E-state index in [2.05, 4.69) is 34.9 Å². The van der Waals surface area contributed by atoms with Gasteiger partial charge in [0.25, 0.3) is 5.91 Å². The lowest BCUT2D eigenvalue weighted by Gasteiger charge is -2.21. The third-order valence-electron chi connectivity index (χ3n) is 6.00. The van der Waals surface area contributed by atoms with E-state index in [1.807, 2.05) is 61.6 Å². The van der Waals surface area contributed by atoms with E-state index in [1.165, 1.54) is 11.8 Å². The highest BCUT2D eigenvalue weighted by Gasteiger charge is 2.35. The SMILES string of the molecule is CN(CC/C(CS)=C1/SC(=Nc2ccc(NS(C)(=O)=O)cc2)N(Cc2ccccc2)C1=O)c1ccccc1S. The number of hydrogen-bond acceptors (Lipinski definition) is 8. The molecule has 0 aliphatic carbocycles. The van der Waals surface area contributed by atoms with Crippen molar-refractivity contribution in [2.45, 2.75) is 17.9 Å². The Balaban J connectivity index is 1.62. The van der Waals surface area contributed by atoms with Crippen molar-refractivity contribution in [2.24, 2.45) is 4.99 Å². The van der Waals surface area contributed by atoms with Crippen molar-refractivity contribution in [3.8, 4) is 0 Å². The number of sulfonamides is 1. The number of anilines is 2. The number of carbonyl (C=O) groups excluding carboxylic acids is 1. The molecular formula is C28H30N4O3S4. The number of thiol groups is 2. The summed E-state index contributed by atoms with van der Waals surface area (Å²) in [5.41, 5.74) is 4.03. The van der Waals surface area contributed by atoms with Crippen molar-refractivity contribution >= 4 is 75.2 Å². The van der Waals surface area contributed by atoms with Gasteiger partial charge in [-0.1, -0.05) is 42.5 Å². The van der Waals surface area contributed by atoms with Crippen LogP contribution in [0.5, 0.6) is 0 Å². The molecule has 1 saturated heterocycles. The quantitative estimate of drug-likeness (QED) is 0.202. The third kappa shape index (κ3) is 7.84. The maximum atomic E-state index is 13.7. The second kappa shape index (κ2) is 13.0. The normalized spacial score (nSPS) is 16.1. The van der Waals surface area contributed by atoms with Gasteiger partial charge in [0.15, 0.2) is 5.17 Å². The van der Waals surface area contributed by atoms with E-state index >= 15 is 0 Å². The Kier molecular flexibility index (Phi) is 9.71. The summed E-state index contributed by atoms with van der Waals surface area (Å²) in [7, 11) is -1.37. The number of rotatable bonds is 10. The Hall–Kier alpha value is -2.86. The van der Waals surface area contributed by atoms with Crippen molar-refractivity contribution in [3.05, 3.63) is 94.9 Å². The van der Waals surface area contributed by atoms with E-state index in [4.69, 9.17) is 4.99 Å². The van der Waals surface area contributed by atoms with E-state index in [0.29, 0.717) is 46.7 Å². The van der Waals surface area contributed by atoms with Crippen LogP contribution >= 0.6 is 37.0 Å². The highest BCUT2D eigenvalue weighted by Crippen LogP contribution is 2.37. The fraction of sp³-hybridized carbons (Fsp3) is 0.214. The minimum absolute atomic E-state index is 0.0979. The molecule has 204 valence electrons. The summed E-state index contributed by atoms with van der Waals surface area (Å²) in [5.74, 6) is 0.349. The number of carbonyl (C=O) groups is 1. The van der Waals surface area contributed by atoms with Crippen molar-refractivity contribution in [2.75, 3.05) is 35.2 Å². The number of para-hydroxylation sites is 1. The van der Waals surface area contributed by atoms with Crippen molar-refractivity contribution in [1.29, 1.82) is 0 Å². The smallest absolute Gasteiger partial charge is 0.267 e. The lowest BCUT2D eigenvalue weighted by Crippen LogP contribution is -2.29. The Bertz CT molecular complexity index is 1490. The molecule has 1 N–H and O–H groups in total. The predicted octanol–water partition coefficient (Wildman–Crippen LogP) is 5.82. The monoisotopic (exact) mass is 598 g/mol. The fourth-order valence-corrected chi connectivity index (χ4v) is 6.44. The number of amides is 1. The van der Waals surface area contributed by atoms with Crippen LogP contribution < -0.4 is 9.62 Å². The van der Waals surface area contributed by atoms with Crippen LogP contribution in [0.15, 0.2) is 99.2 Å². The zero-order chi connectivity index (χ0) is 28.0. The molecule has 3 aromatic rings. The van der Waals surface area contributed by atoms with Crippen LogP contribution in [-0.2, 0) is 21.4 Å². The number of thioether (sulfide) groups is 1. The molecular weight excluding hydrogens is 569 g/mol. The summed E-state index contributed by atoms with van der Waals surface area (Å²) in [5, 5.41) is 0.566. The van der Waals surface area contributed by atoms with E-state index in [1.54, 1.807) is 29.2 Å². The zero-order valence-electron chi connectivity index (χ0n) is 21.6. The maximum absolute atomic E-state index is 13.7. The summed E-state index contributed by atoms with van der Waals surface area (Å²) in [6.07, 6.45) is 1.76. The molecule has 0 unspecified atom stereocenters. The van der Waals surface area contributed by atoms with Gasteiger partial charge in [0.1, 0.15) is 0 Å². The zero-order valence-corrected chi connectivity index (χ0v) is 25.0. The van der Waals surface area contributed by atoms with Crippen LogP contribution in [0, 0.1) is 0 Å². The van der Waals surface area contributed by atoms with Gasteiger partial charge in [0, 0.05) is 35.6 Å². The molecule has 0 radical (unpaired) electrons. The Morgan fingerprint density at radius 2 is 1.69 bits per heavy atom. The molecule has 1 aliphatic heterocycles. The number of nitrogens with one attached hydrogen (secondary N) is 1. The molecule has 4 rings (SSSR count). The van der Waals surface area contributed by atoms with Gasteiger partial charge in [-0.15, -0.1) is 12.6 Å². The first-order chi connectivity index (χ1) is 18.6. The lowest BCUT2D eigenvalue weighted by molar-refractivity contribution is -0.122. The first-order valence-electron chi connectivity index (χ1n) is 12.2. The van der Waals surface area contributed by atoms with Crippen LogP contribution in [0.3, 0.4) is 0 Å².